The van der Waals surface area contributed by atoms with Gasteiger partial charge in [-0.25, -0.2) is 8.42 Å². The molecule has 2 aliphatic heterocycles. The highest BCUT2D eigenvalue weighted by molar-refractivity contribution is 7.89. The van der Waals surface area contributed by atoms with Gasteiger partial charge in [0.2, 0.25) is 10.0 Å². The first kappa shape index (κ1) is 20.2. The number of benzene rings is 2. The smallest absolute Gasteiger partial charge is 0.368 e. The molecule has 2 aromatic rings. The molecule has 1 atom stereocenters. The number of nitrogens with one attached hydrogen (secondary N) is 1. The van der Waals surface area contributed by atoms with E-state index in [1.165, 1.54) is 10.4 Å². The number of sulfonamides is 1. The zero-order chi connectivity index (χ0) is 20.8. The fourth-order valence-corrected chi connectivity index (χ4v) is 5.41. The van der Waals surface area contributed by atoms with Gasteiger partial charge >= 0.3 is 6.18 Å². The molecule has 29 heavy (non-hydrogen) atoms. The number of nitrogens with zero attached hydrogens (tertiary/aromatic N) is 2. The molecule has 0 bridgehead atoms. The molecule has 0 aliphatic carbocycles. The summed E-state index contributed by atoms with van der Waals surface area (Å²) in [6.07, 6.45) is -4.59. The minimum atomic E-state index is -4.59. The number of hydrogen-bond donors (Lipinski definition) is 1. The van der Waals surface area contributed by atoms with E-state index in [0.717, 1.165) is 48.6 Å². The fourth-order valence-electron chi connectivity index (χ4n) is 3.97. The number of alkyl halides is 3. The fraction of sp³-hybridized carbons (Fsp3) is 0.400. The van der Waals surface area contributed by atoms with Crippen molar-refractivity contribution in [1.29, 1.82) is 0 Å². The van der Waals surface area contributed by atoms with Crippen LogP contribution in [0.1, 0.15) is 23.6 Å². The average molecular weight is 425 g/mol. The van der Waals surface area contributed by atoms with Crippen molar-refractivity contribution in [2.75, 3.05) is 24.5 Å². The molecule has 2 aromatic carbocycles. The molecule has 0 radical (unpaired) electrons. The minimum absolute atomic E-state index is 0.155. The van der Waals surface area contributed by atoms with Crippen molar-refractivity contribution in [3.05, 3.63) is 59.2 Å². The van der Waals surface area contributed by atoms with E-state index in [2.05, 4.69) is 17.1 Å². The highest BCUT2D eigenvalue weighted by Crippen LogP contribution is 2.36. The van der Waals surface area contributed by atoms with Crippen LogP contribution in [0.3, 0.4) is 0 Å². The lowest BCUT2D eigenvalue weighted by molar-refractivity contribution is -0.137. The standard InChI is InChI=1S/C20H22F3N3O2S/c1-14-11-25(9-8-24-14)19-7-2-4-15-12-26(13-18(15)19)29(27,28)17-6-3-5-16(10-17)20(21,22)23/h2-7,10,14,24H,8-9,11-13H2,1H3. The normalized spacial score (nSPS) is 20.7. The van der Waals surface area contributed by atoms with Gasteiger partial charge in [-0.1, -0.05) is 18.2 Å². The van der Waals surface area contributed by atoms with E-state index in [1.54, 1.807) is 0 Å². The Morgan fingerprint density at radius 3 is 2.59 bits per heavy atom. The zero-order valence-electron chi connectivity index (χ0n) is 15.9. The van der Waals surface area contributed by atoms with Crippen LogP contribution < -0.4 is 10.2 Å². The van der Waals surface area contributed by atoms with E-state index in [9.17, 15) is 21.6 Å². The van der Waals surface area contributed by atoms with Crippen LogP contribution in [0.5, 0.6) is 0 Å². The zero-order valence-corrected chi connectivity index (χ0v) is 16.7. The summed E-state index contributed by atoms with van der Waals surface area (Å²) in [5.41, 5.74) is 1.85. The molecule has 9 heteroatoms. The second-order valence-corrected chi connectivity index (χ2v) is 9.45. The van der Waals surface area contributed by atoms with E-state index in [1.807, 2.05) is 18.2 Å². The second kappa shape index (κ2) is 7.30. The maximum atomic E-state index is 13.1. The molecule has 0 aromatic heterocycles. The van der Waals surface area contributed by atoms with Crippen LogP contribution in [-0.4, -0.2) is 38.4 Å². The molecule has 2 aliphatic rings. The van der Waals surface area contributed by atoms with E-state index >= 15 is 0 Å². The summed E-state index contributed by atoms with van der Waals surface area (Å²) in [5.74, 6) is 0. The van der Waals surface area contributed by atoms with Crippen LogP contribution in [0.4, 0.5) is 18.9 Å². The number of fused-ring (bicyclic) bond motifs is 1. The summed E-state index contributed by atoms with van der Waals surface area (Å²) < 4.78 is 66.4. The third kappa shape index (κ3) is 3.86. The number of halogens is 3. The highest BCUT2D eigenvalue weighted by Gasteiger charge is 2.36. The maximum absolute atomic E-state index is 13.1. The molecule has 156 valence electrons. The summed E-state index contributed by atoms with van der Waals surface area (Å²) >= 11 is 0. The Hall–Kier alpha value is -2.10. The van der Waals surface area contributed by atoms with Crippen LogP contribution in [0, 0.1) is 0 Å². The average Bonchev–Trinajstić information content (AvgIpc) is 3.12. The van der Waals surface area contributed by atoms with Gasteiger partial charge in [-0.2, -0.15) is 17.5 Å². The molecule has 1 N–H and O–H groups in total. The Balaban J connectivity index is 1.63. The summed E-state index contributed by atoms with van der Waals surface area (Å²) in [7, 11) is -4.04. The van der Waals surface area contributed by atoms with Crippen molar-refractivity contribution in [2.45, 2.75) is 37.1 Å². The highest BCUT2D eigenvalue weighted by atomic mass is 32.2. The molecular formula is C20H22F3N3O2S. The monoisotopic (exact) mass is 425 g/mol. The van der Waals surface area contributed by atoms with Crippen molar-refractivity contribution >= 4 is 15.7 Å². The predicted molar refractivity (Wildman–Crippen MR) is 104 cm³/mol. The van der Waals surface area contributed by atoms with Crippen LogP contribution in [0.15, 0.2) is 47.4 Å². The molecule has 2 heterocycles. The quantitative estimate of drug-likeness (QED) is 0.821. The lowest BCUT2D eigenvalue weighted by Crippen LogP contribution is -2.49. The van der Waals surface area contributed by atoms with Gasteiger partial charge in [0.25, 0.3) is 0 Å². The SMILES string of the molecule is CC1CN(c2cccc3c2CN(S(=O)(=O)c2cccc(C(F)(F)F)c2)C3)CCN1. The summed E-state index contributed by atoms with van der Waals surface area (Å²) in [6.45, 7) is 4.89. The first-order chi connectivity index (χ1) is 13.7. The molecular weight excluding hydrogens is 403 g/mol. The lowest BCUT2D eigenvalue weighted by Gasteiger charge is -2.34. The summed E-state index contributed by atoms with van der Waals surface area (Å²) in [6, 6.07) is 10.0. The Bertz CT molecular complexity index is 1020. The molecule has 1 unspecified atom stereocenters. The van der Waals surface area contributed by atoms with Crippen molar-refractivity contribution in [1.82, 2.24) is 9.62 Å². The number of anilines is 1. The number of rotatable bonds is 3. The van der Waals surface area contributed by atoms with Gasteiger partial charge in [-0.05, 0) is 42.3 Å². The van der Waals surface area contributed by atoms with Gasteiger partial charge in [0.05, 0.1) is 10.5 Å². The summed E-state index contributed by atoms with van der Waals surface area (Å²) in [5, 5.41) is 3.38. The minimum Gasteiger partial charge on any atom is -0.368 e. The number of piperazine rings is 1. The largest absolute Gasteiger partial charge is 0.416 e. The molecule has 1 saturated heterocycles. The Kier molecular flexibility index (Phi) is 5.08. The Labute approximate surface area is 168 Å². The molecule has 0 spiro atoms. The van der Waals surface area contributed by atoms with E-state index in [0.29, 0.717) is 12.1 Å². The van der Waals surface area contributed by atoms with Gasteiger partial charge in [0.15, 0.2) is 0 Å². The van der Waals surface area contributed by atoms with Crippen LogP contribution in [0.25, 0.3) is 0 Å². The Morgan fingerprint density at radius 2 is 1.86 bits per heavy atom. The van der Waals surface area contributed by atoms with Crippen molar-refractivity contribution in [2.24, 2.45) is 0 Å². The van der Waals surface area contributed by atoms with Crippen LogP contribution in [-0.2, 0) is 29.3 Å². The van der Waals surface area contributed by atoms with Crippen molar-refractivity contribution in [3.8, 4) is 0 Å². The van der Waals surface area contributed by atoms with Gasteiger partial charge in [-0.15, -0.1) is 0 Å². The number of hydrogen-bond acceptors (Lipinski definition) is 4. The lowest BCUT2D eigenvalue weighted by atomic mass is 10.1. The molecule has 0 saturated carbocycles. The summed E-state index contributed by atoms with van der Waals surface area (Å²) in [4.78, 5) is 1.90. The first-order valence-electron chi connectivity index (χ1n) is 9.43. The second-order valence-electron chi connectivity index (χ2n) is 7.51. The van der Waals surface area contributed by atoms with Gasteiger partial charge in [0, 0.05) is 44.5 Å². The third-order valence-corrected chi connectivity index (χ3v) is 7.23. The van der Waals surface area contributed by atoms with Crippen LogP contribution in [0.2, 0.25) is 0 Å². The molecule has 5 nitrogen and oxygen atoms in total. The van der Waals surface area contributed by atoms with E-state index < -0.39 is 21.8 Å². The first-order valence-corrected chi connectivity index (χ1v) is 10.9. The predicted octanol–water partition coefficient (Wildman–Crippen LogP) is 3.21. The third-order valence-electron chi connectivity index (χ3n) is 5.44. The molecule has 1 fully saturated rings. The molecule has 0 amide bonds. The van der Waals surface area contributed by atoms with Crippen molar-refractivity contribution in [3.63, 3.8) is 0 Å². The van der Waals surface area contributed by atoms with E-state index in [4.69, 9.17) is 0 Å². The van der Waals surface area contributed by atoms with E-state index in [-0.39, 0.29) is 18.0 Å². The molecule has 4 rings (SSSR count). The van der Waals surface area contributed by atoms with Gasteiger partial charge in [0.1, 0.15) is 0 Å². The van der Waals surface area contributed by atoms with Crippen molar-refractivity contribution < 1.29 is 21.6 Å². The van der Waals surface area contributed by atoms with Gasteiger partial charge in [-0.3, -0.25) is 0 Å². The maximum Gasteiger partial charge on any atom is 0.416 e. The topological polar surface area (TPSA) is 52.7 Å². The van der Waals surface area contributed by atoms with Crippen LogP contribution >= 0.6 is 0 Å². The van der Waals surface area contributed by atoms with Gasteiger partial charge < -0.3 is 10.2 Å². The Morgan fingerprint density at radius 1 is 1.10 bits per heavy atom.